The lowest BCUT2D eigenvalue weighted by atomic mass is 9.92. The van der Waals surface area contributed by atoms with Crippen molar-refractivity contribution in [1.82, 2.24) is 20.0 Å². The molecule has 2 atom stereocenters. The summed E-state index contributed by atoms with van der Waals surface area (Å²) in [5.41, 5.74) is 5.20. The van der Waals surface area contributed by atoms with Crippen LogP contribution >= 0.6 is 24.8 Å². The summed E-state index contributed by atoms with van der Waals surface area (Å²) in [4.78, 5) is 41.5. The third kappa shape index (κ3) is 8.21. The van der Waals surface area contributed by atoms with Crippen LogP contribution in [-0.2, 0) is 14.4 Å². The number of piperidine rings is 1. The van der Waals surface area contributed by atoms with Crippen molar-refractivity contribution in [2.75, 3.05) is 58.9 Å². The van der Waals surface area contributed by atoms with Gasteiger partial charge in [0.25, 0.3) is 0 Å². The van der Waals surface area contributed by atoms with E-state index in [0.29, 0.717) is 44.6 Å². The number of nitrogens with two attached hydrogens (primary N) is 1. The van der Waals surface area contributed by atoms with Gasteiger partial charge in [-0.05, 0) is 18.3 Å². The first-order valence-electron chi connectivity index (χ1n) is 9.13. The van der Waals surface area contributed by atoms with E-state index in [0.717, 1.165) is 13.1 Å². The average molecular weight is 426 g/mol. The van der Waals surface area contributed by atoms with Crippen molar-refractivity contribution in [1.29, 1.82) is 0 Å². The maximum Gasteiger partial charge on any atom is 0.242 e. The van der Waals surface area contributed by atoms with E-state index in [4.69, 9.17) is 5.73 Å². The second kappa shape index (κ2) is 12.4. The highest BCUT2D eigenvalue weighted by Crippen LogP contribution is 2.21. The SMILES string of the molecule is CC1CC(C)CN(C(=O)CN2CCN(C(=O)CNC(=O)CN)CC2)C1.Cl.Cl. The quantitative estimate of drug-likeness (QED) is 0.621. The monoisotopic (exact) mass is 425 g/mol. The van der Waals surface area contributed by atoms with Crippen molar-refractivity contribution in [2.45, 2.75) is 20.3 Å². The van der Waals surface area contributed by atoms with Crippen LogP contribution in [0.15, 0.2) is 0 Å². The smallest absolute Gasteiger partial charge is 0.242 e. The number of carbonyl (C=O) groups excluding carboxylic acids is 3. The second-order valence-electron chi connectivity index (χ2n) is 7.38. The molecule has 158 valence electrons. The maximum absolute atomic E-state index is 12.5. The molecule has 2 aliphatic heterocycles. The molecular weight excluding hydrogens is 393 g/mol. The number of hydrogen-bond acceptors (Lipinski definition) is 5. The fourth-order valence-electron chi connectivity index (χ4n) is 3.67. The molecule has 2 saturated heterocycles. The molecular formula is C17H33Cl2N5O3. The lowest BCUT2D eigenvalue weighted by Gasteiger charge is -2.38. The van der Waals surface area contributed by atoms with E-state index in [1.807, 2.05) is 4.90 Å². The molecule has 10 heteroatoms. The van der Waals surface area contributed by atoms with Crippen LogP contribution in [0.2, 0.25) is 0 Å². The Labute approximate surface area is 174 Å². The largest absolute Gasteiger partial charge is 0.346 e. The summed E-state index contributed by atoms with van der Waals surface area (Å²) in [5, 5.41) is 2.49. The predicted molar refractivity (Wildman–Crippen MR) is 109 cm³/mol. The van der Waals surface area contributed by atoms with Gasteiger partial charge in [0.15, 0.2) is 0 Å². The Morgan fingerprint density at radius 3 is 2.00 bits per heavy atom. The van der Waals surface area contributed by atoms with Gasteiger partial charge in [0, 0.05) is 39.3 Å². The van der Waals surface area contributed by atoms with Gasteiger partial charge in [0.05, 0.1) is 19.6 Å². The molecule has 2 heterocycles. The minimum Gasteiger partial charge on any atom is -0.346 e. The summed E-state index contributed by atoms with van der Waals surface area (Å²) in [5.74, 6) is 0.874. The fraction of sp³-hybridized carbons (Fsp3) is 0.824. The summed E-state index contributed by atoms with van der Waals surface area (Å²) in [6.07, 6.45) is 1.19. The Morgan fingerprint density at radius 1 is 0.926 bits per heavy atom. The molecule has 0 aromatic heterocycles. The lowest BCUT2D eigenvalue weighted by molar-refractivity contribution is -0.137. The molecule has 27 heavy (non-hydrogen) atoms. The first-order chi connectivity index (χ1) is 11.9. The van der Waals surface area contributed by atoms with E-state index in [1.54, 1.807) is 4.90 Å². The zero-order valence-electron chi connectivity index (χ0n) is 16.2. The number of carbonyl (C=O) groups is 3. The molecule has 8 nitrogen and oxygen atoms in total. The Bertz CT molecular complexity index is 491. The van der Waals surface area contributed by atoms with Crippen LogP contribution in [0.1, 0.15) is 20.3 Å². The molecule has 0 aliphatic carbocycles. The first kappa shape index (κ1) is 25.9. The fourth-order valence-corrected chi connectivity index (χ4v) is 3.67. The number of rotatable bonds is 5. The van der Waals surface area contributed by atoms with Crippen molar-refractivity contribution < 1.29 is 14.4 Å². The van der Waals surface area contributed by atoms with Crippen molar-refractivity contribution in [3.63, 3.8) is 0 Å². The van der Waals surface area contributed by atoms with Gasteiger partial charge in [-0.15, -0.1) is 24.8 Å². The Morgan fingerprint density at radius 2 is 1.48 bits per heavy atom. The van der Waals surface area contributed by atoms with Crippen LogP contribution in [-0.4, -0.2) is 91.3 Å². The molecule has 2 rings (SSSR count). The van der Waals surface area contributed by atoms with E-state index >= 15 is 0 Å². The van der Waals surface area contributed by atoms with Crippen molar-refractivity contribution >= 4 is 42.5 Å². The van der Waals surface area contributed by atoms with E-state index in [-0.39, 0.29) is 55.6 Å². The molecule has 0 aromatic rings. The third-order valence-corrected chi connectivity index (χ3v) is 4.93. The van der Waals surface area contributed by atoms with Gasteiger partial charge in [0.1, 0.15) is 0 Å². The highest BCUT2D eigenvalue weighted by molar-refractivity contribution is 5.86. The van der Waals surface area contributed by atoms with Crippen molar-refractivity contribution in [3.05, 3.63) is 0 Å². The number of halogens is 2. The molecule has 0 spiro atoms. The maximum atomic E-state index is 12.5. The van der Waals surface area contributed by atoms with Gasteiger partial charge < -0.3 is 20.9 Å². The van der Waals surface area contributed by atoms with Gasteiger partial charge >= 0.3 is 0 Å². The molecule has 2 unspecified atom stereocenters. The second-order valence-corrected chi connectivity index (χ2v) is 7.38. The Kier molecular flexibility index (Phi) is 11.9. The summed E-state index contributed by atoms with van der Waals surface area (Å²) in [6, 6.07) is 0. The lowest BCUT2D eigenvalue weighted by Crippen LogP contribution is -2.54. The number of nitrogens with zero attached hydrogens (tertiary/aromatic N) is 3. The molecule has 2 fully saturated rings. The van der Waals surface area contributed by atoms with Crippen LogP contribution in [0, 0.1) is 11.8 Å². The van der Waals surface area contributed by atoms with Crippen LogP contribution in [0.25, 0.3) is 0 Å². The highest BCUT2D eigenvalue weighted by Gasteiger charge is 2.28. The first-order valence-corrected chi connectivity index (χ1v) is 9.13. The standard InChI is InChI=1S/C17H31N5O3.2ClH/c1-13-7-14(2)11-22(10-13)17(25)12-20-3-5-21(6-4-20)16(24)9-19-15(23)8-18;;/h13-14H,3-12,18H2,1-2H3,(H,19,23);2*1H. The highest BCUT2D eigenvalue weighted by atomic mass is 35.5. The summed E-state index contributed by atoms with van der Waals surface area (Å²) < 4.78 is 0. The Balaban J connectivity index is 0.00000338. The molecule has 0 radical (unpaired) electrons. The predicted octanol–water partition coefficient (Wildman–Crippen LogP) is -0.446. The summed E-state index contributed by atoms with van der Waals surface area (Å²) in [6.45, 7) is 8.91. The summed E-state index contributed by atoms with van der Waals surface area (Å²) in [7, 11) is 0. The van der Waals surface area contributed by atoms with E-state index < -0.39 is 0 Å². The van der Waals surface area contributed by atoms with Crippen LogP contribution in [0.3, 0.4) is 0 Å². The van der Waals surface area contributed by atoms with Gasteiger partial charge in [0.2, 0.25) is 17.7 Å². The molecule has 0 aromatic carbocycles. The Hall–Kier alpha value is -1.09. The third-order valence-electron chi connectivity index (χ3n) is 4.93. The van der Waals surface area contributed by atoms with Crippen LogP contribution in [0.5, 0.6) is 0 Å². The molecule has 3 amide bonds. The average Bonchev–Trinajstić information content (AvgIpc) is 2.59. The number of likely N-dealkylation sites (tertiary alicyclic amines) is 1. The van der Waals surface area contributed by atoms with Gasteiger partial charge in [-0.3, -0.25) is 19.3 Å². The number of amides is 3. The molecule has 3 N–H and O–H groups in total. The minimum absolute atomic E-state index is 0. The van der Waals surface area contributed by atoms with Gasteiger partial charge in [-0.25, -0.2) is 0 Å². The zero-order valence-corrected chi connectivity index (χ0v) is 17.8. The molecule has 0 saturated carbocycles. The van der Waals surface area contributed by atoms with E-state index in [1.165, 1.54) is 6.42 Å². The van der Waals surface area contributed by atoms with Crippen molar-refractivity contribution in [3.8, 4) is 0 Å². The van der Waals surface area contributed by atoms with Gasteiger partial charge in [-0.2, -0.15) is 0 Å². The normalized spacial score (nSPS) is 23.1. The van der Waals surface area contributed by atoms with Crippen LogP contribution in [0.4, 0.5) is 0 Å². The topological polar surface area (TPSA) is 99.0 Å². The number of hydrogen-bond donors (Lipinski definition) is 2. The zero-order chi connectivity index (χ0) is 18.4. The van der Waals surface area contributed by atoms with Crippen molar-refractivity contribution in [2.24, 2.45) is 17.6 Å². The van der Waals surface area contributed by atoms with Crippen LogP contribution < -0.4 is 11.1 Å². The number of piperazine rings is 1. The number of nitrogens with one attached hydrogen (secondary N) is 1. The van der Waals surface area contributed by atoms with Gasteiger partial charge in [-0.1, -0.05) is 13.8 Å². The van der Waals surface area contributed by atoms with E-state index in [2.05, 4.69) is 24.1 Å². The molecule has 2 aliphatic rings. The van der Waals surface area contributed by atoms with E-state index in [9.17, 15) is 14.4 Å². The minimum atomic E-state index is -0.331. The molecule has 0 bridgehead atoms. The summed E-state index contributed by atoms with van der Waals surface area (Å²) >= 11 is 0.